The smallest absolute Gasteiger partial charge is 0.276 e. The molecule has 1 aromatic heterocycles. The Balaban J connectivity index is 1.80. The maximum atomic E-state index is 12.2. The average molecular weight is 270 g/mol. The van der Waals surface area contributed by atoms with Gasteiger partial charge in [-0.1, -0.05) is 24.3 Å². The second kappa shape index (κ2) is 5.45. The van der Waals surface area contributed by atoms with Gasteiger partial charge in [0, 0.05) is 13.1 Å². The number of likely N-dealkylation sites (tertiary alicyclic amines) is 1. The Labute approximate surface area is 118 Å². The molecule has 1 aliphatic heterocycles. The summed E-state index contributed by atoms with van der Waals surface area (Å²) >= 11 is 0. The number of carbonyl (C=O) groups excluding carboxylic acids is 1. The Morgan fingerprint density at radius 2 is 1.90 bits per heavy atom. The average Bonchev–Trinajstić information content (AvgIpc) is 3.18. The topological polar surface area (TPSA) is 51.0 Å². The summed E-state index contributed by atoms with van der Waals surface area (Å²) in [6, 6.07) is 8.13. The highest BCUT2D eigenvalue weighted by molar-refractivity contribution is 5.92. The van der Waals surface area contributed by atoms with Crippen LogP contribution < -0.4 is 0 Å². The number of aryl methyl sites for hydroxylation is 1. The van der Waals surface area contributed by atoms with Gasteiger partial charge in [-0.3, -0.25) is 4.79 Å². The molecule has 1 aromatic carbocycles. The van der Waals surface area contributed by atoms with Crippen molar-refractivity contribution in [1.29, 1.82) is 0 Å². The Hall–Kier alpha value is -2.17. The van der Waals surface area contributed by atoms with Crippen molar-refractivity contribution in [1.82, 2.24) is 19.9 Å². The maximum absolute atomic E-state index is 12.2. The molecule has 1 amide bonds. The van der Waals surface area contributed by atoms with Crippen molar-refractivity contribution in [2.24, 2.45) is 0 Å². The van der Waals surface area contributed by atoms with E-state index < -0.39 is 0 Å². The maximum Gasteiger partial charge on any atom is 0.276 e. The fourth-order valence-corrected chi connectivity index (χ4v) is 2.45. The quantitative estimate of drug-likeness (QED) is 0.858. The van der Waals surface area contributed by atoms with Crippen LogP contribution in [0, 0.1) is 0 Å². The van der Waals surface area contributed by atoms with Gasteiger partial charge >= 0.3 is 0 Å². The Kier molecular flexibility index (Phi) is 3.50. The van der Waals surface area contributed by atoms with E-state index in [0.29, 0.717) is 5.69 Å². The molecule has 5 heteroatoms. The van der Waals surface area contributed by atoms with Crippen molar-refractivity contribution < 1.29 is 4.79 Å². The summed E-state index contributed by atoms with van der Waals surface area (Å²) in [7, 11) is 0. The Bertz CT molecular complexity index is 597. The van der Waals surface area contributed by atoms with Crippen molar-refractivity contribution in [3.05, 3.63) is 41.7 Å². The van der Waals surface area contributed by atoms with E-state index in [9.17, 15) is 4.79 Å². The Morgan fingerprint density at radius 1 is 1.20 bits per heavy atom. The van der Waals surface area contributed by atoms with Gasteiger partial charge in [-0.15, -0.1) is 5.10 Å². The van der Waals surface area contributed by atoms with Crippen LogP contribution in [0.15, 0.2) is 30.5 Å². The molecule has 2 aromatic rings. The van der Waals surface area contributed by atoms with Crippen LogP contribution in [0.25, 0.3) is 5.69 Å². The predicted molar refractivity (Wildman–Crippen MR) is 75.9 cm³/mol. The van der Waals surface area contributed by atoms with E-state index in [2.05, 4.69) is 29.4 Å². The number of aromatic nitrogens is 3. The van der Waals surface area contributed by atoms with Crippen molar-refractivity contribution in [3.63, 3.8) is 0 Å². The lowest BCUT2D eigenvalue weighted by Crippen LogP contribution is -2.27. The van der Waals surface area contributed by atoms with E-state index in [1.54, 1.807) is 10.9 Å². The molecular weight excluding hydrogens is 252 g/mol. The monoisotopic (exact) mass is 270 g/mol. The summed E-state index contributed by atoms with van der Waals surface area (Å²) < 4.78 is 1.66. The van der Waals surface area contributed by atoms with Crippen molar-refractivity contribution >= 4 is 5.91 Å². The highest BCUT2D eigenvalue weighted by Gasteiger charge is 2.22. The molecule has 0 saturated carbocycles. The van der Waals surface area contributed by atoms with Crippen LogP contribution in [-0.2, 0) is 6.42 Å². The third-order valence-corrected chi connectivity index (χ3v) is 3.71. The number of carbonyl (C=O) groups is 1. The van der Waals surface area contributed by atoms with Crippen LogP contribution >= 0.6 is 0 Å². The second-order valence-corrected chi connectivity index (χ2v) is 5.07. The summed E-state index contributed by atoms with van der Waals surface area (Å²) in [5.74, 6) is -0.0149. The van der Waals surface area contributed by atoms with Crippen molar-refractivity contribution in [3.8, 4) is 5.69 Å². The zero-order valence-corrected chi connectivity index (χ0v) is 11.6. The van der Waals surface area contributed by atoms with Gasteiger partial charge in [0.2, 0.25) is 0 Å². The highest BCUT2D eigenvalue weighted by atomic mass is 16.2. The molecule has 5 nitrogen and oxygen atoms in total. The second-order valence-electron chi connectivity index (χ2n) is 5.07. The molecule has 2 heterocycles. The first-order chi connectivity index (χ1) is 9.78. The van der Waals surface area contributed by atoms with Gasteiger partial charge in [-0.05, 0) is 37.0 Å². The van der Waals surface area contributed by atoms with E-state index in [0.717, 1.165) is 38.0 Å². The molecule has 0 aliphatic carbocycles. The van der Waals surface area contributed by atoms with Crippen LogP contribution in [0.3, 0.4) is 0 Å². The van der Waals surface area contributed by atoms with Crippen LogP contribution in [0.2, 0.25) is 0 Å². The lowest BCUT2D eigenvalue weighted by Gasteiger charge is -2.12. The van der Waals surface area contributed by atoms with Gasteiger partial charge in [-0.2, -0.15) is 0 Å². The minimum atomic E-state index is -0.0149. The summed E-state index contributed by atoms with van der Waals surface area (Å²) in [4.78, 5) is 14.0. The first kappa shape index (κ1) is 12.8. The van der Waals surface area contributed by atoms with Gasteiger partial charge in [-0.25, -0.2) is 4.68 Å². The summed E-state index contributed by atoms with van der Waals surface area (Å²) in [5, 5.41) is 8.05. The lowest BCUT2D eigenvalue weighted by atomic mass is 10.1. The first-order valence-corrected chi connectivity index (χ1v) is 7.09. The molecule has 1 saturated heterocycles. The SMILES string of the molecule is CCc1ccc(-n2cc(C(=O)N3CCCC3)nn2)cc1. The molecule has 0 N–H and O–H groups in total. The molecule has 0 spiro atoms. The van der Waals surface area contributed by atoms with Crippen molar-refractivity contribution in [2.45, 2.75) is 26.2 Å². The third-order valence-electron chi connectivity index (χ3n) is 3.71. The van der Waals surface area contributed by atoms with Crippen LogP contribution in [0.5, 0.6) is 0 Å². The van der Waals surface area contributed by atoms with Crippen LogP contribution in [-0.4, -0.2) is 38.9 Å². The molecule has 0 atom stereocenters. The van der Waals surface area contributed by atoms with Gasteiger partial charge in [0.15, 0.2) is 5.69 Å². The van der Waals surface area contributed by atoms with Crippen LogP contribution in [0.1, 0.15) is 35.8 Å². The normalized spacial score (nSPS) is 14.8. The van der Waals surface area contributed by atoms with E-state index in [1.165, 1.54) is 5.56 Å². The van der Waals surface area contributed by atoms with Gasteiger partial charge in [0.05, 0.1) is 11.9 Å². The summed E-state index contributed by atoms with van der Waals surface area (Å²) in [6.45, 7) is 3.78. The largest absolute Gasteiger partial charge is 0.337 e. The fraction of sp³-hybridized carbons (Fsp3) is 0.400. The number of rotatable bonds is 3. The third kappa shape index (κ3) is 2.43. The van der Waals surface area contributed by atoms with Gasteiger partial charge in [0.25, 0.3) is 5.91 Å². The number of hydrogen-bond acceptors (Lipinski definition) is 3. The van der Waals surface area contributed by atoms with E-state index in [4.69, 9.17) is 0 Å². The summed E-state index contributed by atoms with van der Waals surface area (Å²) in [6.07, 6.45) is 4.88. The molecule has 0 bridgehead atoms. The molecule has 3 rings (SSSR count). The highest BCUT2D eigenvalue weighted by Crippen LogP contribution is 2.13. The number of amides is 1. The molecule has 0 unspecified atom stereocenters. The molecule has 20 heavy (non-hydrogen) atoms. The van der Waals surface area contributed by atoms with E-state index >= 15 is 0 Å². The zero-order chi connectivity index (χ0) is 13.9. The number of nitrogens with zero attached hydrogens (tertiary/aromatic N) is 4. The standard InChI is InChI=1S/C15H18N4O/c1-2-12-5-7-13(8-6-12)19-11-14(16-17-19)15(20)18-9-3-4-10-18/h5-8,11H,2-4,9-10H2,1H3. The minimum Gasteiger partial charge on any atom is -0.337 e. The van der Waals surface area contributed by atoms with Gasteiger partial charge in [0.1, 0.15) is 0 Å². The number of benzene rings is 1. The van der Waals surface area contributed by atoms with E-state index in [-0.39, 0.29) is 5.91 Å². The summed E-state index contributed by atoms with van der Waals surface area (Å²) in [5.41, 5.74) is 2.63. The fourth-order valence-electron chi connectivity index (χ4n) is 2.45. The van der Waals surface area contributed by atoms with Crippen LogP contribution in [0.4, 0.5) is 0 Å². The number of hydrogen-bond donors (Lipinski definition) is 0. The molecule has 0 radical (unpaired) electrons. The first-order valence-electron chi connectivity index (χ1n) is 7.09. The molecule has 1 aliphatic rings. The predicted octanol–water partition coefficient (Wildman–Crippen LogP) is 2.07. The minimum absolute atomic E-state index is 0.0149. The molecule has 1 fully saturated rings. The molecule has 104 valence electrons. The Morgan fingerprint density at radius 3 is 2.55 bits per heavy atom. The van der Waals surface area contributed by atoms with E-state index in [1.807, 2.05) is 17.0 Å². The lowest BCUT2D eigenvalue weighted by molar-refractivity contribution is 0.0787. The molecular formula is C15H18N4O. The van der Waals surface area contributed by atoms with Gasteiger partial charge < -0.3 is 4.90 Å². The zero-order valence-electron chi connectivity index (χ0n) is 11.6. The van der Waals surface area contributed by atoms with Crippen molar-refractivity contribution in [2.75, 3.05) is 13.1 Å².